The molecule has 1 aromatic carbocycles. The van der Waals surface area contributed by atoms with E-state index in [9.17, 15) is 19.2 Å². The number of para-hydroxylation sites is 2. The van der Waals surface area contributed by atoms with Gasteiger partial charge in [0.2, 0.25) is 11.8 Å². The Bertz CT molecular complexity index is 747. The minimum atomic E-state index is -0.658. The lowest BCUT2D eigenvalue weighted by Gasteiger charge is -2.19. The van der Waals surface area contributed by atoms with Gasteiger partial charge in [-0.1, -0.05) is 12.1 Å². The predicted octanol–water partition coefficient (Wildman–Crippen LogP) is 0.740. The quantitative estimate of drug-likeness (QED) is 0.719. The molecule has 1 aromatic rings. The van der Waals surface area contributed by atoms with Gasteiger partial charge in [-0.2, -0.15) is 0 Å². The lowest BCUT2D eigenvalue weighted by Crippen LogP contribution is -2.36. The molecule has 0 spiro atoms. The van der Waals surface area contributed by atoms with Crippen LogP contribution < -0.4 is 9.64 Å². The second-order valence-electron chi connectivity index (χ2n) is 6.23. The summed E-state index contributed by atoms with van der Waals surface area (Å²) in [5.74, 6) is -1.71. The van der Waals surface area contributed by atoms with Crippen LogP contribution in [0.3, 0.4) is 0 Å². The molecule has 2 fully saturated rings. The van der Waals surface area contributed by atoms with Crippen LogP contribution in [0.2, 0.25) is 0 Å². The maximum absolute atomic E-state index is 12.3. The van der Waals surface area contributed by atoms with Gasteiger partial charge >= 0.3 is 5.97 Å². The highest BCUT2D eigenvalue weighted by Crippen LogP contribution is 2.33. The van der Waals surface area contributed by atoms with Gasteiger partial charge in [-0.15, -0.1) is 0 Å². The van der Waals surface area contributed by atoms with Crippen molar-refractivity contribution in [3.05, 3.63) is 24.3 Å². The van der Waals surface area contributed by atoms with E-state index in [1.807, 2.05) is 0 Å². The Morgan fingerprint density at radius 2 is 1.96 bits per heavy atom. The Morgan fingerprint density at radius 1 is 1.19 bits per heavy atom. The van der Waals surface area contributed by atoms with Gasteiger partial charge in [0.25, 0.3) is 5.91 Å². The average Bonchev–Trinajstić information content (AvgIpc) is 3.25. The van der Waals surface area contributed by atoms with Crippen molar-refractivity contribution < 1.29 is 28.7 Å². The molecule has 138 valence electrons. The molecule has 0 N–H and O–H groups in total. The summed E-state index contributed by atoms with van der Waals surface area (Å²) >= 11 is 0. The number of rotatable bonds is 5. The zero-order chi connectivity index (χ0) is 18.7. The lowest BCUT2D eigenvalue weighted by molar-refractivity contribution is -0.157. The molecule has 3 amide bonds. The van der Waals surface area contributed by atoms with Crippen LogP contribution in [0.15, 0.2) is 24.3 Å². The molecular formula is C18H20N2O6. The summed E-state index contributed by atoms with van der Waals surface area (Å²) in [4.78, 5) is 50.6. The van der Waals surface area contributed by atoms with E-state index in [1.165, 1.54) is 12.0 Å². The summed E-state index contributed by atoms with van der Waals surface area (Å²) in [5.41, 5.74) is 0.592. The molecule has 0 saturated carbocycles. The normalized spacial score (nSPS) is 19.8. The number of carbonyl (C=O) groups is 4. The molecule has 2 heterocycles. The first kappa shape index (κ1) is 17.9. The molecule has 0 radical (unpaired) electrons. The average molecular weight is 360 g/mol. The SMILES string of the molecule is COc1ccccc1N1C[C@@H](C(=O)OCC(=O)N2CCCC2=O)CC1=O. The van der Waals surface area contributed by atoms with Crippen molar-refractivity contribution in [2.45, 2.75) is 19.3 Å². The minimum Gasteiger partial charge on any atom is -0.495 e. The van der Waals surface area contributed by atoms with E-state index in [0.29, 0.717) is 30.8 Å². The fourth-order valence-corrected chi connectivity index (χ4v) is 3.19. The number of benzene rings is 1. The molecule has 0 aromatic heterocycles. The third-order valence-corrected chi connectivity index (χ3v) is 4.55. The number of likely N-dealkylation sites (tertiary alicyclic amines) is 1. The Hall–Kier alpha value is -2.90. The fraction of sp³-hybridized carbons (Fsp3) is 0.444. The molecule has 2 aliphatic heterocycles. The highest BCUT2D eigenvalue weighted by atomic mass is 16.5. The minimum absolute atomic E-state index is 0.00766. The van der Waals surface area contributed by atoms with Crippen LogP contribution in [-0.4, -0.2) is 55.4 Å². The van der Waals surface area contributed by atoms with Crippen LogP contribution >= 0.6 is 0 Å². The number of anilines is 1. The van der Waals surface area contributed by atoms with E-state index < -0.39 is 24.4 Å². The van der Waals surface area contributed by atoms with Crippen LogP contribution in [0.25, 0.3) is 0 Å². The number of imide groups is 1. The first-order valence-electron chi connectivity index (χ1n) is 8.44. The number of hydrogen-bond donors (Lipinski definition) is 0. The fourth-order valence-electron chi connectivity index (χ4n) is 3.19. The molecule has 8 nitrogen and oxygen atoms in total. The third-order valence-electron chi connectivity index (χ3n) is 4.55. The largest absolute Gasteiger partial charge is 0.495 e. The van der Waals surface area contributed by atoms with Gasteiger partial charge < -0.3 is 14.4 Å². The Labute approximate surface area is 150 Å². The smallest absolute Gasteiger partial charge is 0.311 e. The lowest BCUT2D eigenvalue weighted by atomic mass is 10.1. The van der Waals surface area contributed by atoms with Gasteiger partial charge in [0.05, 0.1) is 18.7 Å². The number of carbonyl (C=O) groups excluding carboxylic acids is 4. The molecule has 0 unspecified atom stereocenters. The third kappa shape index (κ3) is 3.54. The van der Waals surface area contributed by atoms with E-state index in [1.54, 1.807) is 24.3 Å². The van der Waals surface area contributed by atoms with Crippen molar-refractivity contribution >= 4 is 29.4 Å². The van der Waals surface area contributed by atoms with Crippen molar-refractivity contribution in [3.8, 4) is 5.75 Å². The van der Waals surface area contributed by atoms with Gasteiger partial charge in [0.15, 0.2) is 6.61 Å². The summed E-state index contributed by atoms with van der Waals surface area (Å²) in [5, 5.41) is 0. The Kier molecular flexibility index (Phi) is 5.20. The highest BCUT2D eigenvalue weighted by Gasteiger charge is 2.37. The van der Waals surface area contributed by atoms with Crippen LogP contribution in [-0.2, 0) is 23.9 Å². The predicted molar refractivity (Wildman–Crippen MR) is 90.4 cm³/mol. The molecule has 1 atom stereocenters. The zero-order valence-electron chi connectivity index (χ0n) is 14.5. The molecule has 2 saturated heterocycles. The van der Waals surface area contributed by atoms with E-state index in [4.69, 9.17) is 9.47 Å². The Balaban J connectivity index is 1.59. The summed E-state index contributed by atoms with van der Waals surface area (Å²) in [6.45, 7) is 0.0392. The van der Waals surface area contributed by atoms with Gasteiger partial charge in [-0.3, -0.25) is 24.1 Å². The first-order chi connectivity index (χ1) is 12.5. The number of amides is 3. The second-order valence-corrected chi connectivity index (χ2v) is 6.23. The number of nitrogens with zero attached hydrogens (tertiary/aromatic N) is 2. The zero-order valence-corrected chi connectivity index (χ0v) is 14.5. The number of esters is 1. The molecule has 26 heavy (non-hydrogen) atoms. The summed E-state index contributed by atoms with van der Waals surface area (Å²) < 4.78 is 10.3. The molecule has 8 heteroatoms. The second kappa shape index (κ2) is 7.55. The molecule has 0 bridgehead atoms. The Morgan fingerprint density at radius 3 is 2.65 bits per heavy atom. The van der Waals surface area contributed by atoms with Gasteiger partial charge in [-0.25, -0.2) is 0 Å². The molecule has 2 aliphatic rings. The monoisotopic (exact) mass is 360 g/mol. The van der Waals surface area contributed by atoms with Crippen molar-refractivity contribution in [3.63, 3.8) is 0 Å². The molecule has 0 aliphatic carbocycles. The first-order valence-corrected chi connectivity index (χ1v) is 8.44. The van der Waals surface area contributed by atoms with E-state index in [2.05, 4.69) is 0 Å². The summed E-state index contributed by atoms with van der Waals surface area (Å²) in [7, 11) is 1.51. The standard InChI is InChI=1S/C18H20N2O6/c1-25-14-6-3-2-5-13(14)20-10-12(9-16(20)22)18(24)26-11-17(23)19-8-4-7-15(19)21/h2-3,5-6,12H,4,7-11H2,1H3/t12-/m0/s1. The van der Waals surface area contributed by atoms with Crippen molar-refractivity contribution in [1.82, 2.24) is 4.90 Å². The van der Waals surface area contributed by atoms with Crippen LogP contribution in [0.4, 0.5) is 5.69 Å². The number of ether oxygens (including phenoxy) is 2. The number of hydrogen-bond acceptors (Lipinski definition) is 6. The topological polar surface area (TPSA) is 93.2 Å². The van der Waals surface area contributed by atoms with Crippen molar-refractivity contribution in [2.24, 2.45) is 5.92 Å². The van der Waals surface area contributed by atoms with Crippen LogP contribution in [0.1, 0.15) is 19.3 Å². The van der Waals surface area contributed by atoms with Crippen molar-refractivity contribution in [1.29, 1.82) is 0 Å². The molecular weight excluding hydrogens is 340 g/mol. The van der Waals surface area contributed by atoms with E-state index in [0.717, 1.165) is 4.90 Å². The van der Waals surface area contributed by atoms with E-state index >= 15 is 0 Å². The van der Waals surface area contributed by atoms with Gasteiger partial charge in [-0.05, 0) is 18.6 Å². The highest BCUT2D eigenvalue weighted by molar-refractivity contribution is 6.01. The van der Waals surface area contributed by atoms with Crippen molar-refractivity contribution in [2.75, 3.05) is 31.7 Å². The van der Waals surface area contributed by atoms with Crippen LogP contribution in [0.5, 0.6) is 5.75 Å². The number of methoxy groups -OCH3 is 1. The van der Waals surface area contributed by atoms with Gasteiger partial charge in [0.1, 0.15) is 5.75 Å². The molecule has 3 rings (SSSR count). The van der Waals surface area contributed by atoms with E-state index in [-0.39, 0.29) is 24.8 Å². The summed E-state index contributed by atoms with van der Waals surface area (Å²) in [6.07, 6.45) is 0.974. The maximum Gasteiger partial charge on any atom is 0.311 e. The summed E-state index contributed by atoms with van der Waals surface area (Å²) in [6, 6.07) is 7.05. The van der Waals surface area contributed by atoms with Gasteiger partial charge in [0, 0.05) is 25.9 Å². The van der Waals surface area contributed by atoms with Crippen LogP contribution in [0, 0.1) is 5.92 Å². The maximum atomic E-state index is 12.3.